The van der Waals surface area contributed by atoms with Gasteiger partial charge in [0.1, 0.15) is 0 Å². The third kappa shape index (κ3) is 3.40. The van der Waals surface area contributed by atoms with E-state index in [1.807, 2.05) is 0 Å². The van der Waals surface area contributed by atoms with E-state index < -0.39 is 0 Å². The molecule has 1 aromatic rings. The van der Waals surface area contributed by atoms with Crippen LogP contribution in [0.4, 0.5) is 0 Å². The lowest BCUT2D eigenvalue weighted by molar-refractivity contribution is 0.0946. The summed E-state index contributed by atoms with van der Waals surface area (Å²) >= 11 is 0. The highest BCUT2D eigenvalue weighted by Gasteiger charge is 2.21. The quantitative estimate of drug-likeness (QED) is 0.877. The largest absolute Gasteiger partial charge is 0.504 e. The Morgan fingerprint density at radius 3 is 2.84 bits per heavy atom. The number of carbonyl (C=O) groups excluding carboxylic acids is 1. The zero-order valence-corrected chi connectivity index (χ0v) is 11.5. The number of phenolic OH excluding ortho intramolecular Hbond substituents is 1. The van der Waals surface area contributed by atoms with Crippen LogP contribution in [0, 0.1) is 11.8 Å². The summed E-state index contributed by atoms with van der Waals surface area (Å²) in [6.07, 6.45) is 3.63. The normalized spacial score (nSPS) is 22.2. The Balaban J connectivity index is 1.91. The molecule has 0 aliphatic heterocycles. The standard InChI is InChI=1S/C15H21NO3/c1-10-3-4-11(7-10)9-16-15(18)12-5-6-14(19-2)13(17)8-12/h5-6,8,10-11,17H,3-4,7,9H2,1-2H3,(H,16,18). The fourth-order valence-electron chi connectivity index (χ4n) is 2.68. The second-order valence-corrected chi connectivity index (χ2v) is 5.38. The Hall–Kier alpha value is -1.71. The molecule has 0 heterocycles. The number of ether oxygens (including phenoxy) is 1. The van der Waals surface area contributed by atoms with Crippen molar-refractivity contribution in [2.75, 3.05) is 13.7 Å². The van der Waals surface area contributed by atoms with E-state index in [0.29, 0.717) is 17.2 Å². The van der Waals surface area contributed by atoms with Gasteiger partial charge in [-0.25, -0.2) is 0 Å². The minimum absolute atomic E-state index is 0.00959. The molecule has 104 valence electrons. The molecule has 0 bridgehead atoms. The van der Waals surface area contributed by atoms with Crippen molar-refractivity contribution >= 4 is 5.91 Å². The Bertz CT molecular complexity index is 459. The SMILES string of the molecule is COc1ccc(C(=O)NCC2CCC(C)C2)cc1O. The van der Waals surface area contributed by atoms with E-state index in [1.54, 1.807) is 12.1 Å². The number of amides is 1. The number of hydrogen-bond acceptors (Lipinski definition) is 3. The lowest BCUT2D eigenvalue weighted by atomic mass is 10.1. The summed E-state index contributed by atoms with van der Waals surface area (Å²) in [6, 6.07) is 4.69. The molecule has 2 unspecified atom stereocenters. The van der Waals surface area contributed by atoms with Gasteiger partial charge in [-0.3, -0.25) is 4.79 Å². The van der Waals surface area contributed by atoms with Crippen LogP contribution in [0.5, 0.6) is 11.5 Å². The van der Waals surface area contributed by atoms with E-state index in [9.17, 15) is 9.90 Å². The summed E-state index contributed by atoms with van der Waals surface area (Å²) in [5.41, 5.74) is 0.462. The highest BCUT2D eigenvalue weighted by Crippen LogP contribution is 2.30. The Morgan fingerprint density at radius 1 is 1.47 bits per heavy atom. The maximum atomic E-state index is 12.0. The molecule has 2 atom stereocenters. The molecule has 1 fully saturated rings. The summed E-state index contributed by atoms with van der Waals surface area (Å²) in [6.45, 7) is 2.97. The second-order valence-electron chi connectivity index (χ2n) is 5.38. The molecule has 1 aliphatic rings. The van der Waals surface area contributed by atoms with E-state index >= 15 is 0 Å². The van der Waals surface area contributed by atoms with Gasteiger partial charge >= 0.3 is 0 Å². The maximum absolute atomic E-state index is 12.0. The number of phenols is 1. The number of carbonyl (C=O) groups is 1. The summed E-state index contributed by atoms with van der Waals surface area (Å²) in [5.74, 6) is 1.58. The smallest absolute Gasteiger partial charge is 0.251 e. The van der Waals surface area contributed by atoms with Gasteiger partial charge in [-0.05, 0) is 42.9 Å². The lowest BCUT2D eigenvalue weighted by Gasteiger charge is -2.11. The van der Waals surface area contributed by atoms with Crippen LogP contribution in [0.3, 0.4) is 0 Å². The molecule has 4 heteroatoms. The molecule has 0 spiro atoms. The number of benzene rings is 1. The van der Waals surface area contributed by atoms with Crippen molar-refractivity contribution < 1.29 is 14.6 Å². The van der Waals surface area contributed by atoms with Crippen molar-refractivity contribution in [2.45, 2.75) is 26.2 Å². The predicted molar refractivity (Wildman–Crippen MR) is 73.5 cm³/mol. The zero-order valence-electron chi connectivity index (χ0n) is 11.5. The van der Waals surface area contributed by atoms with Crippen LogP contribution in [-0.2, 0) is 0 Å². The second kappa shape index (κ2) is 5.95. The van der Waals surface area contributed by atoms with Crippen LogP contribution in [0.25, 0.3) is 0 Å². The van der Waals surface area contributed by atoms with Gasteiger partial charge in [0.25, 0.3) is 5.91 Å². The topological polar surface area (TPSA) is 58.6 Å². The Labute approximate surface area is 113 Å². The van der Waals surface area contributed by atoms with Crippen molar-refractivity contribution in [3.8, 4) is 11.5 Å². The van der Waals surface area contributed by atoms with Crippen LogP contribution in [0.15, 0.2) is 18.2 Å². The number of rotatable bonds is 4. The average Bonchev–Trinajstić information content (AvgIpc) is 2.81. The first-order valence-electron chi connectivity index (χ1n) is 6.75. The van der Waals surface area contributed by atoms with Crippen molar-refractivity contribution in [1.82, 2.24) is 5.32 Å². The highest BCUT2D eigenvalue weighted by atomic mass is 16.5. The monoisotopic (exact) mass is 263 g/mol. The van der Waals surface area contributed by atoms with E-state index in [-0.39, 0.29) is 11.7 Å². The molecule has 2 N–H and O–H groups in total. The van der Waals surface area contributed by atoms with E-state index in [1.165, 1.54) is 32.4 Å². The minimum Gasteiger partial charge on any atom is -0.504 e. The molecule has 4 nitrogen and oxygen atoms in total. The van der Waals surface area contributed by atoms with Crippen LogP contribution in [0.1, 0.15) is 36.5 Å². The van der Waals surface area contributed by atoms with Crippen LogP contribution < -0.4 is 10.1 Å². The molecule has 1 aliphatic carbocycles. The molecule has 0 radical (unpaired) electrons. The average molecular weight is 263 g/mol. The number of hydrogen-bond donors (Lipinski definition) is 2. The zero-order chi connectivity index (χ0) is 13.8. The van der Waals surface area contributed by atoms with Crippen LogP contribution in [0.2, 0.25) is 0 Å². The number of methoxy groups -OCH3 is 1. The van der Waals surface area contributed by atoms with Crippen LogP contribution in [-0.4, -0.2) is 24.7 Å². The van der Waals surface area contributed by atoms with Gasteiger partial charge < -0.3 is 15.2 Å². The molecule has 1 amide bonds. The molecule has 0 saturated heterocycles. The summed E-state index contributed by atoms with van der Waals surface area (Å²) in [5, 5.41) is 12.6. The van der Waals surface area contributed by atoms with E-state index in [4.69, 9.17) is 4.74 Å². The molecular formula is C15H21NO3. The van der Waals surface area contributed by atoms with Gasteiger partial charge in [0.15, 0.2) is 11.5 Å². The van der Waals surface area contributed by atoms with Gasteiger partial charge in [-0.15, -0.1) is 0 Å². The fourth-order valence-corrected chi connectivity index (χ4v) is 2.68. The Morgan fingerprint density at radius 2 is 2.26 bits per heavy atom. The third-order valence-corrected chi connectivity index (χ3v) is 3.80. The van der Waals surface area contributed by atoms with Gasteiger partial charge in [-0.2, -0.15) is 0 Å². The molecule has 0 aromatic heterocycles. The van der Waals surface area contributed by atoms with Crippen molar-refractivity contribution in [2.24, 2.45) is 11.8 Å². The predicted octanol–water partition coefficient (Wildman–Crippen LogP) is 2.57. The molecular weight excluding hydrogens is 242 g/mol. The van der Waals surface area contributed by atoms with Gasteiger partial charge in [0.2, 0.25) is 0 Å². The van der Waals surface area contributed by atoms with Gasteiger partial charge in [-0.1, -0.05) is 13.3 Å². The van der Waals surface area contributed by atoms with E-state index in [2.05, 4.69) is 12.2 Å². The summed E-state index contributed by atoms with van der Waals surface area (Å²) in [7, 11) is 1.48. The van der Waals surface area contributed by atoms with Crippen LogP contribution >= 0.6 is 0 Å². The number of aromatic hydroxyl groups is 1. The number of nitrogens with one attached hydrogen (secondary N) is 1. The fraction of sp³-hybridized carbons (Fsp3) is 0.533. The van der Waals surface area contributed by atoms with Crippen molar-refractivity contribution in [3.05, 3.63) is 23.8 Å². The first kappa shape index (κ1) is 13.7. The van der Waals surface area contributed by atoms with Crippen molar-refractivity contribution in [3.63, 3.8) is 0 Å². The Kier molecular flexibility index (Phi) is 4.30. The molecule has 2 rings (SSSR count). The molecule has 1 aromatic carbocycles. The van der Waals surface area contributed by atoms with E-state index in [0.717, 1.165) is 12.5 Å². The lowest BCUT2D eigenvalue weighted by Crippen LogP contribution is -2.28. The first-order valence-corrected chi connectivity index (χ1v) is 6.75. The van der Waals surface area contributed by atoms with Gasteiger partial charge in [0.05, 0.1) is 7.11 Å². The maximum Gasteiger partial charge on any atom is 0.251 e. The minimum atomic E-state index is -0.141. The molecule has 1 saturated carbocycles. The third-order valence-electron chi connectivity index (χ3n) is 3.80. The van der Waals surface area contributed by atoms with Gasteiger partial charge in [0, 0.05) is 12.1 Å². The van der Waals surface area contributed by atoms with Crippen molar-refractivity contribution in [1.29, 1.82) is 0 Å². The molecule has 19 heavy (non-hydrogen) atoms. The highest BCUT2D eigenvalue weighted by molar-refractivity contribution is 5.94. The summed E-state index contributed by atoms with van der Waals surface area (Å²) < 4.78 is 4.95. The first-order chi connectivity index (χ1) is 9.10. The summed E-state index contributed by atoms with van der Waals surface area (Å²) in [4.78, 5) is 12.0.